The fourth-order valence-corrected chi connectivity index (χ4v) is 1.91. The van der Waals surface area contributed by atoms with Gasteiger partial charge >= 0.3 is 0 Å². The molecule has 1 fully saturated rings. The third-order valence-electron chi connectivity index (χ3n) is 2.33. The first kappa shape index (κ1) is 10.0. The van der Waals surface area contributed by atoms with Gasteiger partial charge < -0.3 is 9.47 Å². The molecule has 0 aromatic rings. The van der Waals surface area contributed by atoms with Gasteiger partial charge in [0.05, 0.1) is 18.8 Å². The summed E-state index contributed by atoms with van der Waals surface area (Å²) in [4.78, 5) is 0. The summed E-state index contributed by atoms with van der Waals surface area (Å²) in [6, 6.07) is 0. The van der Waals surface area contributed by atoms with Crippen molar-refractivity contribution >= 4 is 0 Å². The van der Waals surface area contributed by atoms with Crippen molar-refractivity contribution in [1.29, 1.82) is 0 Å². The number of ether oxygens (including phenoxy) is 2. The van der Waals surface area contributed by atoms with Crippen molar-refractivity contribution < 1.29 is 9.47 Å². The quantitative estimate of drug-likeness (QED) is 0.650. The molecule has 2 nitrogen and oxygen atoms in total. The van der Waals surface area contributed by atoms with E-state index >= 15 is 0 Å². The summed E-state index contributed by atoms with van der Waals surface area (Å²) in [5.41, 5.74) is 0. The summed E-state index contributed by atoms with van der Waals surface area (Å²) in [6.45, 7) is 8.02. The van der Waals surface area contributed by atoms with Gasteiger partial charge in [0.1, 0.15) is 0 Å². The van der Waals surface area contributed by atoms with E-state index < -0.39 is 0 Å². The molecule has 0 saturated carbocycles. The molecular formula is C10H20O2. The normalized spacial score (nSPS) is 36.8. The highest BCUT2D eigenvalue weighted by atomic mass is 16.5. The molecule has 12 heavy (non-hydrogen) atoms. The minimum atomic E-state index is 0.337. The highest BCUT2D eigenvalue weighted by Crippen LogP contribution is 2.24. The Morgan fingerprint density at radius 3 is 2.67 bits per heavy atom. The first-order valence-electron chi connectivity index (χ1n) is 4.95. The third kappa shape index (κ3) is 3.11. The Labute approximate surface area is 75.2 Å². The number of hydrogen-bond acceptors (Lipinski definition) is 2. The molecule has 0 N–H and O–H groups in total. The molecule has 0 spiro atoms. The van der Waals surface area contributed by atoms with E-state index in [4.69, 9.17) is 9.47 Å². The topological polar surface area (TPSA) is 18.5 Å². The molecule has 0 bridgehead atoms. The van der Waals surface area contributed by atoms with Crippen LogP contribution in [-0.2, 0) is 9.47 Å². The lowest BCUT2D eigenvalue weighted by Crippen LogP contribution is -2.33. The summed E-state index contributed by atoms with van der Waals surface area (Å²) >= 11 is 0. The van der Waals surface area contributed by atoms with Gasteiger partial charge in [0.25, 0.3) is 0 Å². The van der Waals surface area contributed by atoms with Crippen LogP contribution in [0.2, 0.25) is 0 Å². The van der Waals surface area contributed by atoms with Gasteiger partial charge in [-0.2, -0.15) is 0 Å². The molecule has 0 aromatic heterocycles. The smallest absolute Gasteiger partial charge is 0.0814 e. The summed E-state index contributed by atoms with van der Waals surface area (Å²) < 4.78 is 11.1. The Morgan fingerprint density at radius 2 is 2.08 bits per heavy atom. The number of hydrogen-bond donors (Lipinski definition) is 0. The van der Waals surface area contributed by atoms with Crippen molar-refractivity contribution in [2.24, 2.45) is 5.92 Å². The van der Waals surface area contributed by atoms with Gasteiger partial charge in [0.15, 0.2) is 0 Å². The monoisotopic (exact) mass is 172 g/mol. The number of rotatable bonds is 3. The maximum atomic E-state index is 5.73. The van der Waals surface area contributed by atoms with Crippen LogP contribution in [0.4, 0.5) is 0 Å². The second-order valence-corrected chi connectivity index (χ2v) is 3.80. The molecule has 0 aliphatic carbocycles. The average Bonchev–Trinajstić information content (AvgIpc) is 1.99. The lowest BCUT2D eigenvalue weighted by Gasteiger charge is -2.31. The molecular weight excluding hydrogens is 152 g/mol. The van der Waals surface area contributed by atoms with Crippen molar-refractivity contribution in [2.45, 2.75) is 45.8 Å². The van der Waals surface area contributed by atoms with Gasteiger partial charge in [0.2, 0.25) is 0 Å². The molecule has 1 aliphatic rings. The minimum Gasteiger partial charge on any atom is -0.379 e. The fourth-order valence-electron chi connectivity index (χ4n) is 1.91. The SMILES string of the molecule is CCOCC1CC(C)CC(C)O1. The summed E-state index contributed by atoms with van der Waals surface area (Å²) in [6.07, 6.45) is 3.11. The van der Waals surface area contributed by atoms with Crippen molar-refractivity contribution in [1.82, 2.24) is 0 Å². The van der Waals surface area contributed by atoms with Gasteiger partial charge in [-0.25, -0.2) is 0 Å². The van der Waals surface area contributed by atoms with E-state index in [1.807, 2.05) is 6.92 Å². The second-order valence-electron chi connectivity index (χ2n) is 3.80. The molecule has 0 radical (unpaired) electrons. The van der Waals surface area contributed by atoms with Crippen molar-refractivity contribution in [3.63, 3.8) is 0 Å². The van der Waals surface area contributed by atoms with Crippen LogP contribution in [0.25, 0.3) is 0 Å². The molecule has 72 valence electrons. The molecule has 1 aliphatic heterocycles. The Hall–Kier alpha value is -0.0800. The molecule has 2 heteroatoms. The lowest BCUT2D eigenvalue weighted by atomic mass is 9.94. The van der Waals surface area contributed by atoms with Crippen LogP contribution < -0.4 is 0 Å². The van der Waals surface area contributed by atoms with Crippen LogP contribution in [0.5, 0.6) is 0 Å². The van der Waals surface area contributed by atoms with Crippen LogP contribution in [0.3, 0.4) is 0 Å². The van der Waals surface area contributed by atoms with Crippen LogP contribution in [0.15, 0.2) is 0 Å². The molecule has 0 aromatic carbocycles. The summed E-state index contributed by atoms with van der Waals surface area (Å²) in [7, 11) is 0. The van der Waals surface area contributed by atoms with E-state index in [1.54, 1.807) is 0 Å². The molecule has 3 unspecified atom stereocenters. The Balaban J connectivity index is 2.24. The maximum Gasteiger partial charge on any atom is 0.0814 e. The van der Waals surface area contributed by atoms with E-state index in [0.717, 1.165) is 25.6 Å². The minimum absolute atomic E-state index is 0.337. The van der Waals surface area contributed by atoms with Crippen molar-refractivity contribution in [3.05, 3.63) is 0 Å². The Morgan fingerprint density at radius 1 is 1.33 bits per heavy atom. The largest absolute Gasteiger partial charge is 0.379 e. The van der Waals surface area contributed by atoms with E-state index in [-0.39, 0.29) is 0 Å². The zero-order chi connectivity index (χ0) is 8.97. The predicted octanol–water partition coefficient (Wildman–Crippen LogP) is 2.23. The van der Waals surface area contributed by atoms with Crippen LogP contribution in [0, 0.1) is 5.92 Å². The second kappa shape index (κ2) is 4.83. The standard InChI is InChI=1S/C10H20O2/c1-4-11-7-10-6-8(2)5-9(3)12-10/h8-10H,4-7H2,1-3H3. The van der Waals surface area contributed by atoms with Crippen molar-refractivity contribution in [2.75, 3.05) is 13.2 Å². The highest BCUT2D eigenvalue weighted by molar-refractivity contribution is 4.72. The fraction of sp³-hybridized carbons (Fsp3) is 1.00. The molecule has 1 heterocycles. The molecule has 3 atom stereocenters. The van der Waals surface area contributed by atoms with Crippen LogP contribution >= 0.6 is 0 Å². The van der Waals surface area contributed by atoms with E-state index in [2.05, 4.69) is 13.8 Å². The Kier molecular flexibility index (Phi) is 4.02. The maximum absolute atomic E-state index is 5.73. The van der Waals surface area contributed by atoms with Gasteiger partial charge in [-0.15, -0.1) is 0 Å². The molecule has 1 saturated heterocycles. The molecule has 0 amide bonds. The van der Waals surface area contributed by atoms with E-state index in [0.29, 0.717) is 12.2 Å². The summed E-state index contributed by atoms with van der Waals surface area (Å²) in [5.74, 6) is 0.791. The first-order valence-corrected chi connectivity index (χ1v) is 4.95. The average molecular weight is 172 g/mol. The third-order valence-corrected chi connectivity index (χ3v) is 2.33. The van der Waals surface area contributed by atoms with E-state index in [9.17, 15) is 0 Å². The zero-order valence-electron chi connectivity index (χ0n) is 8.38. The first-order chi connectivity index (χ1) is 5.72. The lowest BCUT2D eigenvalue weighted by molar-refractivity contribution is -0.0918. The molecule has 1 rings (SSSR count). The zero-order valence-corrected chi connectivity index (χ0v) is 8.38. The van der Waals surface area contributed by atoms with Gasteiger partial charge in [-0.05, 0) is 32.6 Å². The summed E-state index contributed by atoms with van der Waals surface area (Å²) in [5, 5.41) is 0. The highest BCUT2D eigenvalue weighted by Gasteiger charge is 2.23. The van der Waals surface area contributed by atoms with Crippen LogP contribution in [-0.4, -0.2) is 25.4 Å². The Bertz CT molecular complexity index is 115. The van der Waals surface area contributed by atoms with Crippen LogP contribution in [0.1, 0.15) is 33.6 Å². The van der Waals surface area contributed by atoms with Gasteiger partial charge in [-0.3, -0.25) is 0 Å². The predicted molar refractivity (Wildman–Crippen MR) is 49.2 cm³/mol. The van der Waals surface area contributed by atoms with Gasteiger partial charge in [-0.1, -0.05) is 6.92 Å². The van der Waals surface area contributed by atoms with E-state index in [1.165, 1.54) is 6.42 Å². The van der Waals surface area contributed by atoms with Crippen molar-refractivity contribution in [3.8, 4) is 0 Å². The van der Waals surface area contributed by atoms with Gasteiger partial charge in [0, 0.05) is 6.61 Å².